The molecule has 2 N–H and O–H groups in total. The fourth-order valence-electron chi connectivity index (χ4n) is 2.81. The van der Waals surface area contributed by atoms with Gasteiger partial charge in [-0.2, -0.15) is 0 Å². The molecule has 2 fully saturated rings. The number of nitrogens with two attached hydrogens (primary N) is 1. The van der Waals surface area contributed by atoms with Gasteiger partial charge >= 0.3 is 0 Å². The maximum absolute atomic E-state index is 6.31. The van der Waals surface area contributed by atoms with Gasteiger partial charge in [-0.3, -0.25) is 0 Å². The second-order valence-electron chi connectivity index (χ2n) is 5.50. The van der Waals surface area contributed by atoms with E-state index in [0.717, 1.165) is 44.8 Å². The largest absolute Gasteiger partial charge is 0.381 e. The van der Waals surface area contributed by atoms with Gasteiger partial charge in [-0.25, -0.2) is 0 Å². The Morgan fingerprint density at radius 1 is 1.19 bits per heavy atom. The molecule has 16 heavy (non-hydrogen) atoms. The average Bonchev–Trinajstić information content (AvgIpc) is 2.34. The molecule has 1 saturated heterocycles. The van der Waals surface area contributed by atoms with E-state index < -0.39 is 0 Å². The molecule has 0 radical (unpaired) electrons. The van der Waals surface area contributed by atoms with Crippen LogP contribution in [0.4, 0.5) is 0 Å². The van der Waals surface area contributed by atoms with Crippen molar-refractivity contribution in [2.75, 3.05) is 19.8 Å². The highest BCUT2D eigenvalue weighted by atomic mass is 16.5. The second-order valence-corrected chi connectivity index (χ2v) is 5.50. The summed E-state index contributed by atoms with van der Waals surface area (Å²) in [4.78, 5) is 0. The fourth-order valence-corrected chi connectivity index (χ4v) is 2.81. The minimum Gasteiger partial charge on any atom is -0.381 e. The van der Waals surface area contributed by atoms with Gasteiger partial charge in [0, 0.05) is 19.8 Å². The van der Waals surface area contributed by atoms with Gasteiger partial charge in [-0.1, -0.05) is 6.92 Å². The Balaban J connectivity index is 1.88. The maximum atomic E-state index is 6.31. The van der Waals surface area contributed by atoms with Crippen LogP contribution >= 0.6 is 0 Å². The highest BCUT2D eigenvalue weighted by molar-refractivity contribution is 4.88. The first-order valence-electron chi connectivity index (χ1n) is 6.70. The Kier molecular flexibility index (Phi) is 4.22. The Morgan fingerprint density at radius 3 is 2.38 bits per heavy atom. The summed E-state index contributed by atoms with van der Waals surface area (Å²) in [7, 11) is 0. The molecule has 1 saturated carbocycles. The van der Waals surface area contributed by atoms with E-state index in [-0.39, 0.29) is 5.60 Å². The smallest absolute Gasteiger partial charge is 0.0808 e. The van der Waals surface area contributed by atoms with E-state index in [1.165, 1.54) is 12.8 Å². The van der Waals surface area contributed by atoms with Crippen LogP contribution in [0.25, 0.3) is 0 Å². The SMILES string of the molecule is CC1CCC(CN)(OC2CCOCC2)CC1. The lowest BCUT2D eigenvalue weighted by Gasteiger charge is -2.41. The minimum absolute atomic E-state index is 0.0193. The zero-order valence-corrected chi connectivity index (χ0v) is 10.4. The van der Waals surface area contributed by atoms with Crippen LogP contribution in [0.15, 0.2) is 0 Å². The number of rotatable bonds is 3. The molecule has 1 heterocycles. The van der Waals surface area contributed by atoms with Crippen LogP contribution in [-0.4, -0.2) is 31.5 Å². The molecule has 2 aliphatic rings. The van der Waals surface area contributed by atoms with Gasteiger partial charge in [-0.05, 0) is 44.4 Å². The third kappa shape index (κ3) is 2.96. The third-order valence-corrected chi connectivity index (χ3v) is 4.14. The Bertz CT molecular complexity index is 206. The van der Waals surface area contributed by atoms with Crippen LogP contribution in [0, 0.1) is 5.92 Å². The standard InChI is InChI=1S/C13H25NO2/c1-11-2-6-13(10-14,7-3-11)16-12-4-8-15-9-5-12/h11-12H,2-10,14H2,1H3. The van der Waals surface area contributed by atoms with Crippen molar-refractivity contribution in [2.24, 2.45) is 11.7 Å². The predicted octanol–water partition coefficient (Wildman–Crippen LogP) is 2.09. The summed E-state index contributed by atoms with van der Waals surface area (Å²) < 4.78 is 11.7. The first kappa shape index (κ1) is 12.3. The monoisotopic (exact) mass is 227 g/mol. The van der Waals surface area contributed by atoms with Gasteiger partial charge in [0.1, 0.15) is 0 Å². The predicted molar refractivity (Wildman–Crippen MR) is 64.3 cm³/mol. The van der Waals surface area contributed by atoms with Crippen molar-refractivity contribution < 1.29 is 9.47 Å². The summed E-state index contributed by atoms with van der Waals surface area (Å²) in [5.41, 5.74) is 5.93. The number of hydrogen-bond donors (Lipinski definition) is 1. The van der Waals surface area contributed by atoms with Crippen molar-refractivity contribution in [3.05, 3.63) is 0 Å². The van der Waals surface area contributed by atoms with Crippen molar-refractivity contribution in [3.8, 4) is 0 Å². The van der Waals surface area contributed by atoms with Gasteiger partial charge in [-0.15, -0.1) is 0 Å². The topological polar surface area (TPSA) is 44.5 Å². The maximum Gasteiger partial charge on any atom is 0.0808 e. The van der Waals surface area contributed by atoms with Crippen molar-refractivity contribution in [1.82, 2.24) is 0 Å². The number of ether oxygens (including phenoxy) is 2. The molecule has 2 rings (SSSR count). The van der Waals surface area contributed by atoms with Crippen molar-refractivity contribution in [2.45, 2.75) is 57.2 Å². The molecule has 0 bridgehead atoms. The highest BCUT2D eigenvalue weighted by Crippen LogP contribution is 2.36. The molecule has 0 aromatic carbocycles. The van der Waals surface area contributed by atoms with E-state index >= 15 is 0 Å². The molecule has 1 aliphatic carbocycles. The summed E-state index contributed by atoms with van der Waals surface area (Å²) in [6, 6.07) is 0. The molecule has 3 nitrogen and oxygen atoms in total. The Morgan fingerprint density at radius 2 is 1.81 bits per heavy atom. The van der Waals surface area contributed by atoms with Crippen LogP contribution in [0.3, 0.4) is 0 Å². The average molecular weight is 227 g/mol. The molecule has 0 spiro atoms. The minimum atomic E-state index is -0.0193. The van der Waals surface area contributed by atoms with Gasteiger partial charge in [0.2, 0.25) is 0 Å². The van der Waals surface area contributed by atoms with Crippen molar-refractivity contribution in [1.29, 1.82) is 0 Å². The molecule has 0 aromatic rings. The summed E-state index contributed by atoms with van der Waals surface area (Å²) in [6.45, 7) is 4.70. The van der Waals surface area contributed by atoms with E-state index in [1.807, 2.05) is 0 Å². The normalized spacial score (nSPS) is 37.5. The second kappa shape index (κ2) is 5.48. The Hall–Kier alpha value is -0.120. The summed E-state index contributed by atoms with van der Waals surface area (Å²) in [6.07, 6.45) is 7.27. The van der Waals surface area contributed by atoms with Crippen molar-refractivity contribution in [3.63, 3.8) is 0 Å². The first-order chi connectivity index (χ1) is 7.74. The van der Waals surface area contributed by atoms with Gasteiger partial charge < -0.3 is 15.2 Å². The molecule has 0 amide bonds. The van der Waals surface area contributed by atoms with Crippen LogP contribution in [-0.2, 0) is 9.47 Å². The van der Waals surface area contributed by atoms with E-state index in [9.17, 15) is 0 Å². The van der Waals surface area contributed by atoms with Crippen LogP contribution in [0.2, 0.25) is 0 Å². The van der Waals surface area contributed by atoms with E-state index in [0.29, 0.717) is 12.6 Å². The molecule has 0 aromatic heterocycles. The zero-order valence-electron chi connectivity index (χ0n) is 10.4. The third-order valence-electron chi connectivity index (χ3n) is 4.14. The van der Waals surface area contributed by atoms with Gasteiger partial charge in [0.25, 0.3) is 0 Å². The fraction of sp³-hybridized carbons (Fsp3) is 1.00. The lowest BCUT2D eigenvalue weighted by molar-refractivity contribution is -0.139. The Labute approximate surface area is 98.7 Å². The summed E-state index contributed by atoms with van der Waals surface area (Å²) in [5, 5.41) is 0. The molecule has 1 aliphatic heterocycles. The summed E-state index contributed by atoms with van der Waals surface area (Å²) >= 11 is 0. The van der Waals surface area contributed by atoms with Crippen LogP contribution in [0.1, 0.15) is 45.4 Å². The van der Waals surface area contributed by atoms with E-state index in [4.69, 9.17) is 15.2 Å². The lowest BCUT2D eigenvalue weighted by Crippen LogP contribution is -2.47. The van der Waals surface area contributed by atoms with Gasteiger partial charge in [0.15, 0.2) is 0 Å². The van der Waals surface area contributed by atoms with Gasteiger partial charge in [0.05, 0.1) is 11.7 Å². The van der Waals surface area contributed by atoms with E-state index in [1.54, 1.807) is 0 Å². The van der Waals surface area contributed by atoms with Crippen LogP contribution < -0.4 is 5.73 Å². The molecular weight excluding hydrogens is 202 g/mol. The number of hydrogen-bond acceptors (Lipinski definition) is 3. The van der Waals surface area contributed by atoms with Crippen LogP contribution in [0.5, 0.6) is 0 Å². The van der Waals surface area contributed by atoms with E-state index in [2.05, 4.69) is 6.92 Å². The highest BCUT2D eigenvalue weighted by Gasteiger charge is 2.36. The molecule has 0 atom stereocenters. The molecular formula is C13H25NO2. The zero-order chi connectivity index (χ0) is 11.4. The summed E-state index contributed by atoms with van der Waals surface area (Å²) in [5.74, 6) is 0.845. The molecule has 3 heteroatoms. The van der Waals surface area contributed by atoms with Crippen molar-refractivity contribution >= 4 is 0 Å². The lowest BCUT2D eigenvalue weighted by atomic mass is 9.79. The molecule has 94 valence electrons. The molecule has 0 unspecified atom stereocenters. The quantitative estimate of drug-likeness (QED) is 0.803. The first-order valence-corrected chi connectivity index (χ1v) is 6.70.